The monoisotopic (exact) mass is 463 g/mol. The molecule has 2 aromatic heterocycles. The highest BCUT2D eigenvalue weighted by Gasteiger charge is 2.17. The van der Waals surface area contributed by atoms with Gasteiger partial charge >= 0.3 is 0 Å². The van der Waals surface area contributed by atoms with E-state index in [2.05, 4.69) is 15.3 Å². The van der Waals surface area contributed by atoms with Crippen molar-refractivity contribution in [1.82, 2.24) is 9.97 Å². The van der Waals surface area contributed by atoms with Gasteiger partial charge in [-0.05, 0) is 24.0 Å². The molecule has 0 bridgehead atoms. The Labute approximate surface area is 180 Å². The van der Waals surface area contributed by atoms with Crippen LogP contribution in [-0.4, -0.2) is 36.3 Å². The average Bonchev–Trinajstić information content (AvgIpc) is 3.29. The summed E-state index contributed by atoms with van der Waals surface area (Å²) in [6.45, 7) is 0. The van der Waals surface area contributed by atoms with Crippen LogP contribution in [0, 0.1) is 0 Å². The summed E-state index contributed by atoms with van der Waals surface area (Å²) in [5, 5.41) is 3.21. The van der Waals surface area contributed by atoms with Gasteiger partial charge in [-0.3, -0.25) is 4.79 Å². The van der Waals surface area contributed by atoms with Gasteiger partial charge in [0.2, 0.25) is 5.91 Å². The molecule has 0 aliphatic heterocycles. The lowest BCUT2D eigenvalue weighted by atomic mass is 10.2. The Kier molecular flexibility index (Phi) is 5.86. The molecule has 4 rings (SSSR count). The van der Waals surface area contributed by atoms with Crippen LogP contribution in [0.15, 0.2) is 46.8 Å². The van der Waals surface area contributed by atoms with Crippen LogP contribution in [0.1, 0.15) is 12.0 Å². The largest absolute Gasteiger partial charge is 0.302 e. The highest BCUT2D eigenvalue weighted by molar-refractivity contribution is 8.00. The lowest BCUT2D eigenvalue weighted by molar-refractivity contribution is -0.115. The third-order valence-corrected chi connectivity index (χ3v) is 8.99. The van der Waals surface area contributed by atoms with Crippen LogP contribution in [0.25, 0.3) is 20.4 Å². The smallest absolute Gasteiger partial charge is 0.227 e. The highest BCUT2D eigenvalue weighted by atomic mass is 32.2. The summed E-state index contributed by atoms with van der Waals surface area (Å²) in [5.41, 5.74) is 2.43. The number of aromatic nitrogens is 2. The normalized spacial score (nSPS) is 11.9. The number of nitrogens with one attached hydrogen (secondary N) is 1. The first-order chi connectivity index (χ1) is 13.9. The van der Waals surface area contributed by atoms with E-state index < -0.39 is 9.84 Å². The maximum Gasteiger partial charge on any atom is 0.227 e. The van der Waals surface area contributed by atoms with Crippen molar-refractivity contribution in [2.24, 2.45) is 0 Å². The van der Waals surface area contributed by atoms with Crippen molar-refractivity contribution in [2.75, 3.05) is 17.3 Å². The molecule has 0 fully saturated rings. The van der Waals surface area contributed by atoms with Crippen molar-refractivity contribution in [3.8, 4) is 0 Å². The fourth-order valence-corrected chi connectivity index (χ4v) is 6.84. The number of hydrogen-bond donors (Lipinski definition) is 1. The third-order valence-electron chi connectivity index (χ3n) is 4.18. The Morgan fingerprint density at radius 3 is 2.45 bits per heavy atom. The van der Waals surface area contributed by atoms with Gasteiger partial charge in [-0.2, -0.15) is 0 Å². The highest BCUT2D eigenvalue weighted by Crippen LogP contribution is 2.38. The summed E-state index contributed by atoms with van der Waals surface area (Å²) < 4.78 is 27.6. The van der Waals surface area contributed by atoms with Crippen molar-refractivity contribution >= 4 is 75.7 Å². The maximum atomic E-state index is 12.3. The zero-order valence-electron chi connectivity index (χ0n) is 15.4. The summed E-state index contributed by atoms with van der Waals surface area (Å²) >= 11 is 4.58. The van der Waals surface area contributed by atoms with Gasteiger partial charge < -0.3 is 5.32 Å². The zero-order valence-corrected chi connectivity index (χ0v) is 18.7. The van der Waals surface area contributed by atoms with Gasteiger partial charge in [0.15, 0.2) is 19.3 Å². The predicted octanol–water partition coefficient (Wildman–Crippen LogP) is 4.57. The summed E-state index contributed by atoms with van der Waals surface area (Å²) in [6, 6.07) is 12.8. The van der Waals surface area contributed by atoms with Gasteiger partial charge in [0.05, 0.1) is 31.9 Å². The Morgan fingerprint density at radius 1 is 1.03 bits per heavy atom. The fraction of sp³-hybridized carbons (Fsp3) is 0.211. The first-order valence-corrected chi connectivity index (χ1v) is 13.4. The number of carbonyl (C=O) groups is 1. The van der Waals surface area contributed by atoms with E-state index in [9.17, 15) is 13.2 Å². The van der Waals surface area contributed by atoms with Crippen molar-refractivity contribution in [2.45, 2.75) is 16.5 Å². The number of carbonyl (C=O) groups excluding carboxylic acids is 1. The summed E-state index contributed by atoms with van der Waals surface area (Å²) in [4.78, 5) is 21.3. The average molecular weight is 464 g/mol. The van der Waals surface area contributed by atoms with Gasteiger partial charge in [-0.1, -0.05) is 53.4 Å². The Balaban J connectivity index is 1.43. The Morgan fingerprint density at radius 2 is 1.72 bits per heavy atom. The number of benzene rings is 2. The number of rotatable bonds is 7. The molecule has 2 heterocycles. The topological polar surface area (TPSA) is 89.0 Å². The van der Waals surface area contributed by atoms with Crippen molar-refractivity contribution in [3.05, 3.63) is 48.0 Å². The predicted molar refractivity (Wildman–Crippen MR) is 122 cm³/mol. The molecule has 1 N–H and O–H groups in total. The van der Waals surface area contributed by atoms with Crippen molar-refractivity contribution < 1.29 is 13.2 Å². The fourth-order valence-electron chi connectivity index (χ4n) is 2.82. The van der Waals surface area contributed by atoms with E-state index in [-0.39, 0.29) is 23.8 Å². The summed E-state index contributed by atoms with van der Waals surface area (Å²) in [5.74, 6) is -0.621. The molecule has 0 saturated carbocycles. The van der Waals surface area contributed by atoms with Crippen LogP contribution in [0.3, 0.4) is 0 Å². The SMILES string of the molecule is CSc1nc2ccc3nc(NC(=O)CCS(=O)(=O)Cc4ccccc4)sc3c2s1. The molecule has 2 aromatic carbocycles. The van der Waals surface area contributed by atoms with Crippen LogP contribution in [0.4, 0.5) is 5.13 Å². The number of fused-ring (bicyclic) bond motifs is 3. The number of anilines is 1. The molecule has 0 saturated heterocycles. The van der Waals surface area contributed by atoms with Gasteiger partial charge in [0.25, 0.3) is 0 Å². The van der Waals surface area contributed by atoms with E-state index in [0.717, 1.165) is 30.3 Å². The second-order valence-electron chi connectivity index (χ2n) is 6.34. The van der Waals surface area contributed by atoms with Crippen LogP contribution in [-0.2, 0) is 20.4 Å². The van der Waals surface area contributed by atoms with Gasteiger partial charge in [-0.15, -0.1) is 11.3 Å². The van der Waals surface area contributed by atoms with Crippen LogP contribution < -0.4 is 5.32 Å². The number of thioether (sulfide) groups is 1. The molecular weight excluding hydrogens is 446 g/mol. The molecule has 150 valence electrons. The molecule has 0 atom stereocenters. The van der Waals surface area contributed by atoms with E-state index in [1.165, 1.54) is 11.3 Å². The van der Waals surface area contributed by atoms with Gasteiger partial charge in [0.1, 0.15) is 0 Å². The van der Waals surface area contributed by atoms with Crippen molar-refractivity contribution in [3.63, 3.8) is 0 Å². The molecule has 0 radical (unpaired) electrons. The second-order valence-corrected chi connectivity index (χ2v) is 11.6. The minimum absolute atomic E-state index is 0.0661. The molecule has 1 amide bonds. The standard InChI is InChI=1S/C19H17N3O3S4/c1-26-19-21-14-8-7-13-16(17(14)28-19)27-18(20-13)22-15(23)9-10-29(24,25)11-12-5-3-2-4-6-12/h2-8H,9-11H2,1H3,(H,20,22,23). The summed E-state index contributed by atoms with van der Waals surface area (Å²) in [7, 11) is -3.36. The quantitative estimate of drug-likeness (QED) is 0.404. The van der Waals surface area contributed by atoms with E-state index in [1.54, 1.807) is 47.4 Å². The number of sulfone groups is 1. The molecule has 29 heavy (non-hydrogen) atoms. The van der Waals surface area contributed by atoms with Crippen LogP contribution >= 0.6 is 34.4 Å². The molecular formula is C19H17N3O3S4. The minimum Gasteiger partial charge on any atom is -0.302 e. The van der Waals surface area contributed by atoms with Crippen LogP contribution in [0.5, 0.6) is 0 Å². The van der Waals surface area contributed by atoms with E-state index in [0.29, 0.717) is 5.13 Å². The lowest BCUT2D eigenvalue weighted by Gasteiger charge is -2.04. The van der Waals surface area contributed by atoms with E-state index >= 15 is 0 Å². The molecule has 0 unspecified atom stereocenters. The van der Waals surface area contributed by atoms with E-state index in [4.69, 9.17) is 0 Å². The third kappa shape index (κ3) is 4.77. The molecule has 0 spiro atoms. The number of hydrogen-bond acceptors (Lipinski definition) is 8. The number of amides is 1. The summed E-state index contributed by atoms with van der Waals surface area (Å²) in [6.07, 6.45) is 1.89. The first-order valence-electron chi connectivity index (χ1n) is 8.72. The lowest BCUT2D eigenvalue weighted by Crippen LogP contribution is -2.18. The minimum atomic E-state index is -3.36. The molecule has 6 nitrogen and oxygen atoms in total. The second kappa shape index (κ2) is 8.39. The van der Waals surface area contributed by atoms with Gasteiger partial charge in [-0.25, -0.2) is 18.4 Å². The molecule has 4 aromatic rings. The zero-order chi connectivity index (χ0) is 20.4. The Bertz CT molecular complexity index is 1280. The van der Waals surface area contributed by atoms with Crippen molar-refractivity contribution in [1.29, 1.82) is 0 Å². The number of thiazole rings is 2. The maximum absolute atomic E-state index is 12.3. The molecule has 10 heteroatoms. The number of nitrogens with zero attached hydrogens (tertiary/aromatic N) is 2. The van der Waals surface area contributed by atoms with Crippen LogP contribution in [0.2, 0.25) is 0 Å². The molecule has 0 aliphatic rings. The Hall–Kier alpha value is -2.01. The molecule has 0 aliphatic carbocycles. The van der Waals surface area contributed by atoms with Gasteiger partial charge in [0, 0.05) is 6.42 Å². The first kappa shape index (κ1) is 20.3. The van der Waals surface area contributed by atoms with E-state index in [1.807, 2.05) is 24.5 Å².